The number of halogens is 1. The van der Waals surface area contributed by atoms with Crippen molar-refractivity contribution in [3.8, 4) is 5.75 Å². The van der Waals surface area contributed by atoms with E-state index in [0.29, 0.717) is 11.8 Å². The van der Waals surface area contributed by atoms with Gasteiger partial charge in [-0.25, -0.2) is 0 Å². The molecule has 0 aromatic heterocycles. The Balaban J connectivity index is 2.02. The van der Waals surface area contributed by atoms with Gasteiger partial charge >= 0.3 is 0 Å². The zero-order valence-corrected chi connectivity index (χ0v) is 11.3. The Morgan fingerprint density at radius 3 is 3.19 bits per heavy atom. The second kappa shape index (κ2) is 5.68. The molecule has 0 fully saturated rings. The first kappa shape index (κ1) is 11.9. The molecular weight excluding hydrogens is 313 g/mol. The molecule has 1 aliphatic rings. The van der Waals surface area contributed by atoms with Gasteiger partial charge < -0.3 is 10.4 Å². The summed E-state index contributed by atoms with van der Waals surface area (Å²) >= 11 is 2.23. The zero-order valence-electron chi connectivity index (χ0n) is 9.12. The number of hydrogen-bond acceptors (Lipinski definition) is 2. The van der Waals surface area contributed by atoms with Gasteiger partial charge in [-0.1, -0.05) is 40.8 Å². The van der Waals surface area contributed by atoms with Gasteiger partial charge in [-0.15, -0.1) is 0 Å². The van der Waals surface area contributed by atoms with Gasteiger partial charge in [0.05, 0.1) is 0 Å². The minimum Gasteiger partial charge on any atom is -0.508 e. The molecule has 2 rings (SSSR count). The van der Waals surface area contributed by atoms with Crippen molar-refractivity contribution in [2.45, 2.75) is 25.3 Å². The van der Waals surface area contributed by atoms with Gasteiger partial charge in [0.15, 0.2) is 0 Å². The normalized spacial score (nSPS) is 19.9. The molecule has 1 aliphatic carbocycles. The van der Waals surface area contributed by atoms with Crippen LogP contribution in [0.1, 0.15) is 17.5 Å². The predicted octanol–water partition coefficient (Wildman–Crippen LogP) is 2.79. The lowest BCUT2D eigenvalue weighted by Gasteiger charge is -2.25. The summed E-state index contributed by atoms with van der Waals surface area (Å²) in [4.78, 5) is 0. The Morgan fingerprint density at radius 2 is 2.38 bits per heavy atom. The summed E-state index contributed by atoms with van der Waals surface area (Å²) in [5.74, 6) is 0.452. The van der Waals surface area contributed by atoms with Crippen molar-refractivity contribution in [2.24, 2.45) is 0 Å². The smallest absolute Gasteiger partial charge is 0.119 e. The van der Waals surface area contributed by atoms with E-state index in [2.05, 4.69) is 40.1 Å². The number of benzene rings is 1. The maximum absolute atomic E-state index is 9.80. The van der Waals surface area contributed by atoms with Crippen molar-refractivity contribution < 1.29 is 5.11 Å². The lowest BCUT2D eigenvalue weighted by atomic mass is 9.87. The predicted molar refractivity (Wildman–Crippen MR) is 75.1 cm³/mol. The molecule has 3 heteroatoms. The molecule has 1 atom stereocenters. The molecule has 1 aromatic carbocycles. The summed E-state index contributed by atoms with van der Waals surface area (Å²) in [7, 11) is 0. The number of aryl methyl sites for hydroxylation is 1. The molecule has 0 spiro atoms. The summed E-state index contributed by atoms with van der Waals surface area (Å²) in [5, 5.41) is 13.3. The highest BCUT2D eigenvalue weighted by atomic mass is 127. The Labute approximate surface area is 110 Å². The molecule has 86 valence electrons. The minimum atomic E-state index is 0.452. The first-order chi connectivity index (χ1) is 7.81. The van der Waals surface area contributed by atoms with Crippen LogP contribution in [0.3, 0.4) is 0 Å². The Bertz CT molecular complexity index is 390. The topological polar surface area (TPSA) is 32.3 Å². The second-order valence-electron chi connectivity index (χ2n) is 4.12. The van der Waals surface area contributed by atoms with Crippen LogP contribution in [0, 0.1) is 0 Å². The van der Waals surface area contributed by atoms with E-state index in [9.17, 15) is 5.11 Å². The molecule has 0 saturated heterocycles. The van der Waals surface area contributed by atoms with Gasteiger partial charge in [0, 0.05) is 12.6 Å². The van der Waals surface area contributed by atoms with Crippen LogP contribution in [0.25, 0.3) is 0 Å². The number of nitrogens with one attached hydrogen (secondary N) is 1. The summed E-state index contributed by atoms with van der Waals surface area (Å²) in [5.41, 5.74) is 2.44. The Morgan fingerprint density at radius 1 is 1.50 bits per heavy atom. The highest BCUT2D eigenvalue weighted by Gasteiger charge is 2.19. The fourth-order valence-electron chi connectivity index (χ4n) is 2.22. The molecule has 0 amide bonds. The van der Waals surface area contributed by atoms with Crippen LogP contribution >= 0.6 is 22.6 Å². The Hall–Kier alpha value is -0.550. The van der Waals surface area contributed by atoms with Crippen LogP contribution in [-0.2, 0) is 12.8 Å². The molecule has 0 saturated carbocycles. The number of aromatic hydroxyl groups is 1. The summed E-state index contributed by atoms with van der Waals surface area (Å²) < 4.78 is 2.03. The average Bonchev–Trinajstić information content (AvgIpc) is 2.30. The van der Waals surface area contributed by atoms with Crippen LogP contribution < -0.4 is 5.32 Å². The fraction of sp³-hybridized carbons (Fsp3) is 0.385. The molecule has 0 radical (unpaired) electrons. The maximum atomic E-state index is 9.80. The van der Waals surface area contributed by atoms with Gasteiger partial charge in [-0.2, -0.15) is 0 Å². The van der Waals surface area contributed by atoms with E-state index in [1.165, 1.54) is 5.56 Å². The SMILES string of the molecule is Oc1cccc2c1CC(NC/C=C/I)CC2. The lowest BCUT2D eigenvalue weighted by molar-refractivity contribution is 0.436. The molecule has 1 unspecified atom stereocenters. The number of rotatable bonds is 3. The third-order valence-corrected chi connectivity index (χ3v) is 3.58. The van der Waals surface area contributed by atoms with E-state index in [-0.39, 0.29) is 0 Å². The first-order valence-electron chi connectivity index (χ1n) is 5.59. The van der Waals surface area contributed by atoms with Gasteiger partial charge in [0.1, 0.15) is 5.75 Å². The standard InChI is InChI=1S/C13H16INO/c14-7-2-8-15-11-6-5-10-3-1-4-13(16)12(10)9-11/h1-4,7,11,15-16H,5-6,8-9H2/b7-2+. The number of phenolic OH excluding ortho intramolecular Hbond substituents is 1. The van der Waals surface area contributed by atoms with Crippen molar-refractivity contribution in [1.29, 1.82) is 0 Å². The highest BCUT2D eigenvalue weighted by molar-refractivity contribution is 14.1. The number of hydrogen-bond donors (Lipinski definition) is 2. The maximum Gasteiger partial charge on any atom is 0.119 e. The largest absolute Gasteiger partial charge is 0.508 e. The van der Waals surface area contributed by atoms with E-state index in [1.54, 1.807) is 6.07 Å². The van der Waals surface area contributed by atoms with Crippen LogP contribution in [0.4, 0.5) is 0 Å². The van der Waals surface area contributed by atoms with Gasteiger partial charge in [0.2, 0.25) is 0 Å². The van der Waals surface area contributed by atoms with E-state index in [1.807, 2.05) is 10.1 Å². The average molecular weight is 329 g/mol. The minimum absolute atomic E-state index is 0.452. The van der Waals surface area contributed by atoms with Crippen molar-refractivity contribution >= 4 is 22.6 Å². The molecular formula is C13H16INO. The monoisotopic (exact) mass is 329 g/mol. The summed E-state index contributed by atoms with van der Waals surface area (Å²) in [6.45, 7) is 0.913. The van der Waals surface area contributed by atoms with E-state index >= 15 is 0 Å². The van der Waals surface area contributed by atoms with Gasteiger partial charge in [-0.3, -0.25) is 0 Å². The van der Waals surface area contributed by atoms with Crippen molar-refractivity contribution in [2.75, 3.05) is 6.54 Å². The van der Waals surface area contributed by atoms with Crippen molar-refractivity contribution in [3.63, 3.8) is 0 Å². The zero-order chi connectivity index (χ0) is 11.4. The lowest BCUT2D eigenvalue weighted by Crippen LogP contribution is -2.34. The van der Waals surface area contributed by atoms with E-state index in [4.69, 9.17) is 0 Å². The molecule has 2 N–H and O–H groups in total. The van der Waals surface area contributed by atoms with E-state index < -0.39 is 0 Å². The quantitative estimate of drug-likeness (QED) is 0.836. The first-order valence-corrected chi connectivity index (χ1v) is 6.84. The third kappa shape index (κ3) is 2.77. The summed E-state index contributed by atoms with van der Waals surface area (Å²) in [6.07, 6.45) is 5.28. The van der Waals surface area contributed by atoms with Crippen LogP contribution in [0.5, 0.6) is 5.75 Å². The fourth-order valence-corrected chi connectivity index (χ4v) is 2.48. The molecule has 2 nitrogen and oxygen atoms in total. The van der Waals surface area contributed by atoms with Crippen molar-refractivity contribution in [3.05, 3.63) is 39.5 Å². The van der Waals surface area contributed by atoms with Gasteiger partial charge in [0.25, 0.3) is 0 Å². The van der Waals surface area contributed by atoms with E-state index in [0.717, 1.165) is 31.4 Å². The Kier molecular flexibility index (Phi) is 4.23. The van der Waals surface area contributed by atoms with Crippen LogP contribution in [0.15, 0.2) is 28.4 Å². The highest BCUT2D eigenvalue weighted by Crippen LogP contribution is 2.28. The molecule has 0 bridgehead atoms. The molecule has 0 heterocycles. The van der Waals surface area contributed by atoms with Crippen molar-refractivity contribution in [1.82, 2.24) is 5.32 Å². The molecule has 1 aromatic rings. The number of phenols is 1. The number of fused-ring (bicyclic) bond motifs is 1. The third-order valence-electron chi connectivity index (χ3n) is 3.07. The second-order valence-corrected chi connectivity index (χ2v) is 4.84. The molecule has 16 heavy (non-hydrogen) atoms. The van der Waals surface area contributed by atoms with Crippen LogP contribution in [0.2, 0.25) is 0 Å². The van der Waals surface area contributed by atoms with Crippen LogP contribution in [-0.4, -0.2) is 17.7 Å². The summed E-state index contributed by atoms with van der Waals surface area (Å²) in [6, 6.07) is 6.33. The van der Waals surface area contributed by atoms with Gasteiger partial charge in [-0.05, 0) is 40.5 Å². The molecule has 0 aliphatic heterocycles.